The highest BCUT2D eigenvalue weighted by molar-refractivity contribution is 5.94. The van der Waals surface area contributed by atoms with Crippen molar-refractivity contribution >= 4 is 17.0 Å². The Morgan fingerprint density at radius 3 is 2.38 bits per heavy atom. The zero-order valence-corrected chi connectivity index (χ0v) is 15.9. The molecular weight excluding hydrogens is 328 g/mol. The Morgan fingerprint density at radius 2 is 1.81 bits per heavy atom. The maximum Gasteiger partial charge on any atom is 0.338 e. The smallest absolute Gasteiger partial charge is 0.338 e. The summed E-state index contributed by atoms with van der Waals surface area (Å²) in [5, 5.41) is 0. The van der Waals surface area contributed by atoms with Crippen molar-refractivity contribution in [2.24, 2.45) is 0 Å². The zero-order valence-electron chi connectivity index (χ0n) is 15.9. The highest BCUT2D eigenvalue weighted by Gasteiger charge is 2.23. The van der Waals surface area contributed by atoms with Crippen molar-refractivity contribution in [1.29, 1.82) is 0 Å². The fourth-order valence-electron chi connectivity index (χ4n) is 3.03. The molecule has 5 heteroatoms. The number of ether oxygens (including phenoxy) is 2. The van der Waals surface area contributed by atoms with Crippen LogP contribution in [-0.2, 0) is 10.3 Å². The van der Waals surface area contributed by atoms with Gasteiger partial charge in [-0.25, -0.2) is 9.78 Å². The van der Waals surface area contributed by atoms with Crippen molar-refractivity contribution in [2.45, 2.75) is 33.2 Å². The van der Waals surface area contributed by atoms with Crippen LogP contribution in [0.3, 0.4) is 0 Å². The molecule has 3 rings (SSSR count). The van der Waals surface area contributed by atoms with Crippen LogP contribution in [0.4, 0.5) is 0 Å². The molecule has 0 bridgehead atoms. The van der Waals surface area contributed by atoms with E-state index in [0.717, 1.165) is 28.2 Å². The van der Waals surface area contributed by atoms with Gasteiger partial charge in [0.15, 0.2) is 0 Å². The van der Waals surface area contributed by atoms with E-state index in [1.54, 1.807) is 26.2 Å². The lowest BCUT2D eigenvalue weighted by molar-refractivity contribution is 0.0526. The predicted molar refractivity (Wildman–Crippen MR) is 103 cm³/mol. The minimum Gasteiger partial charge on any atom is -0.497 e. The third-order valence-corrected chi connectivity index (χ3v) is 4.18. The predicted octanol–water partition coefficient (Wildman–Crippen LogP) is 4.64. The molecule has 0 atom stereocenters. The van der Waals surface area contributed by atoms with Crippen LogP contribution in [0, 0.1) is 0 Å². The van der Waals surface area contributed by atoms with Crippen molar-refractivity contribution in [1.82, 2.24) is 9.55 Å². The molecule has 26 heavy (non-hydrogen) atoms. The molecule has 2 aromatic carbocycles. The summed E-state index contributed by atoms with van der Waals surface area (Å²) in [7, 11) is 1.65. The molecule has 0 N–H and O–H groups in total. The molecule has 0 radical (unpaired) electrons. The first-order chi connectivity index (χ1) is 12.3. The molecule has 1 heterocycles. The number of fused-ring (bicyclic) bond motifs is 1. The number of benzene rings is 2. The molecular formula is C21H24N2O3. The molecule has 0 amide bonds. The van der Waals surface area contributed by atoms with Gasteiger partial charge in [-0.05, 0) is 70.2 Å². The lowest BCUT2D eigenvalue weighted by atomic mass is 10.1. The fourth-order valence-corrected chi connectivity index (χ4v) is 3.03. The van der Waals surface area contributed by atoms with Gasteiger partial charge in [0, 0.05) is 11.1 Å². The summed E-state index contributed by atoms with van der Waals surface area (Å²) >= 11 is 0. The van der Waals surface area contributed by atoms with Crippen LogP contribution in [0.15, 0.2) is 42.5 Å². The van der Waals surface area contributed by atoms with Crippen LogP contribution >= 0.6 is 0 Å². The lowest BCUT2D eigenvalue weighted by Gasteiger charge is -2.25. The third-order valence-electron chi connectivity index (χ3n) is 4.18. The summed E-state index contributed by atoms with van der Waals surface area (Å²) < 4.78 is 12.5. The Morgan fingerprint density at radius 1 is 1.12 bits per heavy atom. The minimum atomic E-state index is -0.328. The van der Waals surface area contributed by atoms with Gasteiger partial charge in [-0.15, -0.1) is 0 Å². The number of imidazole rings is 1. The van der Waals surface area contributed by atoms with Crippen LogP contribution < -0.4 is 4.74 Å². The Kier molecular flexibility index (Phi) is 4.72. The van der Waals surface area contributed by atoms with Crippen LogP contribution in [0.5, 0.6) is 5.75 Å². The van der Waals surface area contributed by atoms with E-state index in [9.17, 15) is 4.79 Å². The number of esters is 1. The average molecular weight is 352 g/mol. The van der Waals surface area contributed by atoms with E-state index in [-0.39, 0.29) is 11.5 Å². The summed E-state index contributed by atoms with van der Waals surface area (Å²) in [5.74, 6) is 1.33. The topological polar surface area (TPSA) is 53.4 Å². The van der Waals surface area contributed by atoms with Crippen LogP contribution in [0.25, 0.3) is 22.4 Å². The summed E-state index contributed by atoms with van der Waals surface area (Å²) in [6.07, 6.45) is 0. The maximum atomic E-state index is 12.0. The van der Waals surface area contributed by atoms with E-state index < -0.39 is 0 Å². The number of hydrogen-bond acceptors (Lipinski definition) is 4. The lowest BCUT2D eigenvalue weighted by Crippen LogP contribution is -2.22. The highest BCUT2D eigenvalue weighted by atomic mass is 16.5. The van der Waals surface area contributed by atoms with Gasteiger partial charge in [-0.2, -0.15) is 0 Å². The number of carbonyl (C=O) groups is 1. The molecule has 5 nitrogen and oxygen atoms in total. The first-order valence-corrected chi connectivity index (χ1v) is 8.69. The largest absolute Gasteiger partial charge is 0.497 e. The second kappa shape index (κ2) is 6.83. The Labute approximate surface area is 153 Å². The monoisotopic (exact) mass is 352 g/mol. The number of nitrogens with zero attached hydrogens (tertiary/aromatic N) is 2. The molecule has 0 saturated carbocycles. The molecule has 0 saturated heterocycles. The van der Waals surface area contributed by atoms with E-state index >= 15 is 0 Å². The van der Waals surface area contributed by atoms with Crippen molar-refractivity contribution in [3.05, 3.63) is 48.0 Å². The van der Waals surface area contributed by atoms with Gasteiger partial charge >= 0.3 is 5.97 Å². The van der Waals surface area contributed by atoms with Crippen LogP contribution in [0.1, 0.15) is 38.1 Å². The second-order valence-corrected chi connectivity index (χ2v) is 7.09. The van der Waals surface area contributed by atoms with E-state index in [2.05, 4.69) is 25.3 Å². The number of carbonyl (C=O) groups excluding carboxylic acids is 1. The van der Waals surface area contributed by atoms with Gasteiger partial charge in [0.1, 0.15) is 11.6 Å². The summed E-state index contributed by atoms with van der Waals surface area (Å²) in [6, 6.07) is 13.4. The molecule has 0 spiro atoms. The molecule has 0 aliphatic heterocycles. The Bertz CT molecular complexity index is 934. The Hall–Kier alpha value is -2.82. The van der Waals surface area contributed by atoms with E-state index in [0.29, 0.717) is 12.2 Å². The third kappa shape index (κ3) is 3.29. The normalized spacial score (nSPS) is 11.6. The number of aromatic nitrogens is 2. The fraction of sp³-hybridized carbons (Fsp3) is 0.333. The minimum absolute atomic E-state index is 0.171. The van der Waals surface area contributed by atoms with Crippen LogP contribution in [0.2, 0.25) is 0 Å². The summed E-state index contributed by atoms with van der Waals surface area (Å²) in [5.41, 5.74) is 3.09. The van der Waals surface area contributed by atoms with E-state index in [1.807, 2.05) is 30.3 Å². The standard InChI is InChI=1S/C21H24N2O3/c1-6-26-20(24)15-9-12-18-17(13-15)22-19(23(18)21(2,3)4)14-7-10-16(25-5)11-8-14/h7-13H,6H2,1-5H3. The number of methoxy groups -OCH3 is 1. The molecule has 3 aromatic rings. The van der Waals surface area contributed by atoms with Crippen molar-refractivity contribution in [3.63, 3.8) is 0 Å². The van der Waals surface area contributed by atoms with E-state index in [4.69, 9.17) is 14.5 Å². The average Bonchev–Trinajstić information content (AvgIpc) is 3.01. The van der Waals surface area contributed by atoms with Crippen LogP contribution in [-0.4, -0.2) is 29.2 Å². The van der Waals surface area contributed by atoms with Gasteiger partial charge in [-0.3, -0.25) is 0 Å². The van der Waals surface area contributed by atoms with Crippen molar-refractivity contribution < 1.29 is 14.3 Å². The molecule has 0 unspecified atom stereocenters. The molecule has 0 aliphatic carbocycles. The Balaban J connectivity index is 2.19. The first-order valence-electron chi connectivity index (χ1n) is 8.69. The highest BCUT2D eigenvalue weighted by Crippen LogP contribution is 2.32. The molecule has 136 valence electrons. The second-order valence-electron chi connectivity index (χ2n) is 7.09. The van der Waals surface area contributed by atoms with Crippen molar-refractivity contribution in [2.75, 3.05) is 13.7 Å². The number of rotatable bonds is 4. The zero-order chi connectivity index (χ0) is 18.9. The van der Waals surface area contributed by atoms with Gasteiger partial charge in [0.05, 0.1) is 30.3 Å². The molecule has 0 aliphatic rings. The molecule has 0 fully saturated rings. The van der Waals surface area contributed by atoms with E-state index in [1.165, 1.54) is 0 Å². The SMILES string of the molecule is CCOC(=O)c1ccc2c(c1)nc(-c1ccc(OC)cc1)n2C(C)(C)C. The van der Waals surface area contributed by atoms with Gasteiger partial charge < -0.3 is 14.0 Å². The molecule has 1 aromatic heterocycles. The van der Waals surface area contributed by atoms with Gasteiger partial charge in [0.2, 0.25) is 0 Å². The first kappa shape index (κ1) is 18.0. The quantitative estimate of drug-likeness (QED) is 0.642. The van der Waals surface area contributed by atoms with Crippen molar-refractivity contribution in [3.8, 4) is 17.1 Å². The summed E-state index contributed by atoms with van der Waals surface area (Å²) in [4.78, 5) is 16.9. The van der Waals surface area contributed by atoms with Gasteiger partial charge in [0.25, 0.3) is 0 Å². The maximum absolute atomic E-state index is 12.0. The number of hydrogen-bond donors (Lipinski definition) is 0. The summed E-state index contributed by atoms with van der Waals surface area (Å²) in [6.45, 7) is 8.57. The van der Waals surface area contributed by atoms with Gasteiger partial charge in [-0.1, -0.05) is 0 Å².